The summed E-state index contributed by atoms with van der Waals surface area (Å²) in [5.41, 5.74) is 0.988. The van der Waals surface area contributed by atoms with Crippen LogP contribution in [0.1, 0.15) is 42.6 Å². The average molecular weight is 330 g/mol. The summed E-state index contributed by atoms with van der Waals surface area (Å²) in [6, 6.07) is 4.89. The van der Waals surface area contributed by atoms with Gasteiger partial charge in [0.15, 0.2) is 0 Å². The molecule has 0 saturated carbocycles. The predicted molar refractivity (Wildman–Crippen MR) is 80.3 cm³/mol. The maximum atomic E-state index is 13.6. The van der Waals surface area contributed by atoms with Crippen molar-refractivity contribution in [3.05, 3.63) is 35.1 Å². The van der Waals surface area contributed by atoms with E-state index in [0.29, 0.717) is 17.7 Å². The molecule has 0 spiro atoms. The van der Waals surface area contributed by atoms with Crippen LogP contribution in [0.3, 0.4) is 0 Å². The molecule has 1 amide bonds. The Hall–Kier alpha value is -0.900. The van der Waals surface area contributed by atoms with Gasteiger partial charge in [-0.1, -0.05) is 35.8 Å². The molecule has 4 heteroatoms. The van der Waals surface area contributed by atoms with Crippen molar-refractivity contribution < 1.29 is 9.18 Å². The van der Waals surface area contributed by atoms with Gasteiger partial charge < -0.3 is 4.90 Å². The first kappa shape index (κ1) is 16.2. The van der Waals surface area contributed by atoms with Crippen molar-refractivity contribution in [1.29, 1.82) is 0 Å². The summed E-state index contributed by atoms with van der Waals surface area (Å²) in [7, 11) is 0. The highest BCUT2D eigenvalue weighted by Crippen LogP contribution is 2.16. The monoisotopic (exact) mass is 329 g/mol. The lowest BCUT2D eigenvalue weighted by Gasteiger charge is -2.30. The molecular formula is C15H21BrFNO. The molecule has 0 saturated heterocycles. The van der Waals surface area contributed by atoms with Gasteiger partial charge in [-0.15, -0.1) is 0 Å². The molecule has 0 bridgehead atoms. The first-order valence-electron chi connectivity index (χ1n) is 6.68. The van der Waals surface area contributed by atoms with Crippen LogP contribution in [-0.4, -0.2) is 28.7 Å². The van der Waals surface area contributed by atoms with Gasteiger partial charge in [-0.05, 0) is 37.5 Å². The van der Waals surface area contributed by atoms with Crippen molar-refractivity contribution >= 4 is 21.8 Å². The van der Waals surface area contributed by atoms with Crippen LogP contribution in [0.2, 0.25) is 0 Å². The Morgan fingerprint density at radius 3 is 2.47 bits per heavy atom. The average Bonchev–Trinajstić information content (AvgIpc) is 2.41. The highest BCUT2D eigenvalue weighted by Gasteiger charge is 2.22. The van der Waals surface area contributed by atoms with Gasteiger partial charge in [-0.25, -0.2) is 4.39 Å². The number of rotatable bonds is 6. The van der Waals surface area contributed by atoms with E-state index in [4.69, 9.17) is 0 Å². The second-order valence-corrected chi connectivity index (χ2v) is 5.41. The first-order chi connectivity index (χ1) is 9.04. The molecule has 1 rings (SSSR count). The van der Waals surface area contributed by atoms with E-state index in [1.165, 1.54) is 6.07 Å². The summed E-state index contributed by atoms with van der Waals surface area (Å²) in [6.45, 7) is 6.47. The second-order valence-electron chi connectivity index (χ2n) is 4.62. The van der Waals surface area contributed by atoms with Crippen LogP contribution in [0.15, 0.2) is 18.2 Å². The predicted octanol–water partition coefficient (Wildman–Crippen LogP) is 4.16. The molecule has 0 radical (unpaired) electrons. The normalized spacial score (nSPS) is 10.8. The van der Waals surface area contributed by atoms with Crippen LogP contribution in [0.5, 0.6) is 0 Å². The molecule has 0 atom stereocenters. The Bertz CT molecular complexity index is 432. The van der Waals surface area contributed by atoms with Crippen LogP contribution in [0.4, 0.5) is 4.39 Å². The minimum atomic E-state index is -0.325. The standard InChI is InChI=1S/C15H21BrFNO/c1-4-13(5-2)18(9-8-16)15(19)12-7-6-11(3)14(17)10-12/h6-7,10,13H,4-5,8-9H2,1-3H3. The molecule has 0 aliphatic carbocycles. The van der Waals surface area contributed by atoms with Crippen molar-refractivity contribution in [1.82, 2.24) is 4.90 Å². The summed E-state index contributed by atoms with van der Waals surface area (Å²) in [6.07, 6.45) is 1.81. The molecule has 19 heavy (non-hydrogen) atoms. The zero-order chi connectivity index (χ0) is 14.4. The Balaban J connectivity index is 3.01. The Morgan fingerprint density at radius 1 is 1.37 bits per heavy atom. The lowest BCUT2D eigenvalue weighted by atomic mass is 10.1. The largest absolute Gasteiger partial charge is 0.335 e. The van der Waals surface area contributed by atoms with Gasteiger partial charge in [0.25, 0.3) is 5.91 Å². The number of halogens is 2. The van der Waals surface area contributed by atoms with Crippen LogP contribution < -0.4 is 0 Å². The molecule has 0 fully saturated rings. The minimum absolute atomic E-state index is 0.0907. The third-order valence-corrected chi connectivity index (χ3v) is 3.74. The van der Waals surface area contributed by atoms with E-state index in [0.717, 1.165) is 18.2 Å². The van der Waals surface area contributed by atoms with Crippen molar-refractivity contribution in [3.8, 4) is 0 Å². The van der Waals surface area contributed by atoms with Gasteiger partial charge in [-0.2, -0.15) is 0 Å². The highest BCUT2D eigenvalue weighted by atomic mass is 79.9. The third-order valence-electron chi connectivity index (χ3n) is 3.39. The summed E-state index contributed by atoms with van der Waals surface area (Å²) in [5.74, 6) is -0.416. The van der Waals surface area contributed by atoms with Gasteiger partial charge in [0.2, 0.25) is 0 Å². The number of hydrogen-bond acceptors (Lipinski definition) is 1. The van der Waals surface area contributed by atoms with Crippen molar-refractivity contribution in [2.75, 3.05) is 11.9 Å². The fraction of sp³-hybridized carbons (Fsp3) is 0.533. The van der Waals surface area contributed by atoms with Crippen molar-refractivity contribution in [2.45, 2.75) is 39.7 Å². The zero-order valence-electron chi connectivity index (χ0n) is 11.7. The summed E-state index contributed by atoms with van der Waals surface area (Å²) in [4.78, 5) is 14.3. The summed E-state index contributed by atoms with van der Waals surface area (Å²) >= 11 is 3.38. The fourth-order valence-electron chi connectivity index (χ4n) is 2.16. The maximum Gasteiger partial charge on any atom is 0.254 e. The van der Waals surface area contributed by atoms with E-state index >= 15 is 0 Å². The number of carbonyl (C=O) groups is 1. The molecule has 1 aromatic carbocycles. The van der Waals surface area contributed by atoms with Crippen molar-refractivity contribution in [3.63, 3.8) is 0 Å². The maximum absolute atomic E-state index is 13.6. The number of carbonyl (C=O) groups excluding carboxylic acids is 1. The van der Waals surface area contributed by atoms with E-state index in [1.807, 2.05) is 4.90 Å². The van der Waals surface area contributed by atoms with E-state index in [9.17, 15) is 9.18 Å². The number of nitrogens with zero attached hydrogens (tertiary/aromatic N) is 1. The van der Waals surface area contributed by atoms with Gasteiger partial charge in [0.1, 0.15) is 5.82 Å². The van der Waals surface area contributed by atoms with Gasteiger partial charge >= 0.3 is 0 Å². The second kappa shape index (κ2) is 7.63. The van der Waals surface area contributed by atoms with Gasteiger partial charge in [0.05, 0.1) is 0 Å². The Morgan fingerprint density at radius 2 is 2.00 bits per heavy atom. The molecule has 0 N–H and O–H groups in total. The topological polar surface area (TPSA) is 20.3 Å². The van der Waals surface area contributed by atoms with E-state index in [2.05, 4.69) is 29.8 Å². The summed E-state index contributed by atoms with van der Waals surface area (Å²) in [5, 5.41) is 0.726. The number of alkyl halides is 1. The summed E-state index contributed by atoms with van der Waals surface area (Å²) < 4.78 is 13.6. The van der Waals surface area contributed by atoms with Crippen LogP contribution >= 0.6 is 15.9 Å². The SMILES string of the molecule is CCC(CC)N(CCBr)C(=O)c1ccc(C)c(F)c1. The smallest absolute Gasteiger partial charge is 0.254 e. The lowest BCUT2D eigenvalue weighted by molar-refractivity contribution is 0.0682. The Labute approximate surface area is 123 Å². The van der Waals surface area contributed by atoms with E-state index in [-0.39, 0.29) is 17.8 Å². The van der Waals surface area contributed by atoms with Crippen molar-refractivity contribution in [2.24, 2.45) is 0 Å². The van der Waals surface area contributed by atoms with Crippen LogP contribution in [0.25, 0.3) is 0 Å². The van der Waals surface area contributed by atoms with E-state index < -0.39 is 0 Å². The molecule has 106 valence electrons. The molecule has 0 heterocycles. The van der Waals surface area contributed by atoms with E-state index in [1.54, 1.807) is 19.1 Å². The molecule has 0 unspecified atom stereocenters. The number of hydrogen-bond donors (Lipinski definition) is 0. The molecule has 0 aliphatic heterocycles. The zero-order valence-corrected chi connectivity index (χ0v) is 13.3. The molecule has 2 nitrogen and oxygen atoms in total. The van der Waals surface area contributed by atoms with Gasteiger partial charge in [-0.3, -0.25) is 4.79 Å². The fourth-order valence-corrected chi connectivity index (χ4v) is 2.54. The number of benzene rings is 1. The lowest BCUT2D eigenvalue weighted by Crippen LogP contribution is -2.41. The molecular weight excluding hydrogens is 309 g/mol. The molecule has 0 aromatic heterocycles. The van der Waals surface area contributed by atoms with Gasteiger partial charge in [0, 0.05) is 23.5 Å². The Kier molecular flexibility index (Phi) is 6.49. The number of amides is 1. The highest BCUT2D eigenvalue weighted by molar-refractivity contribution is 9.09. The minimum Gasteiger partial charge on any atom is -0.335 e. The quantitative estimate of drug-likeness (QED) is 0.717. The molecule has 1 aromatic rings. The molecule has 0 aliphatic rings. The number of aryl methyl sites for hydroxylation is 1. The van der Waals surface area contributed by atoms with Crippen LogP contribution in [0, 0.1) is 12.7 Å². The van der Waals surface area contributed by atoms with Crippen LogP contribution in [-0.2, 0) is 0 Å². The first-order valence-corrected chi connectivity index (χ1v) is 7.80. The third kappa shape index (κ3) is 4.03.